The summed E-state index contributed by atoms with van der Waals surface area (Å²) in [7, 11) is 2.14. The Labute approximate surface area is 102 Å². The van der Waals surface area contributed by atoms with E-state index in [0.29, 0.717) is 5.56 Å². The van der Waals surface area contributed by atoms with Crippen LogP contribution in [0.4, 0.5) is 5.82 Å². The zero-order valence-electron chi connectivity index (χ0n) is 10.6. The van der Waals surface area contributed by atoms with E-state index in [2.05, 4.69) is 41.7 Å². The third-order valence-corrected chi connectivity index (χ3v) is 3.25. The average molecular weight is 230 g/mol. The van der Waals surface area contributed by atoms with Crippen LogP contribution in [0.25, 0.3) is 0 Å². The molecule has 2 heterocycles. The molecule has 1 aliphatic rings. The van der Waals surface area contributed by atoms with Gasteiger partial charge in [0.05, 0.1) is 5.56 Å². The molecule has 1 aromatic rings. The molecular weight excluding hydrogens is 212 g/mol. The molecule has 1 fully saturated rings. The molecule has 90 valence electrons. The number of anilines is 1. The molecule has 0 amide bonds. The van der Waals surface area contributed by atoms with Crippen molar-refractivity contribution in [2.24, 2.45) is 0 Å². The van der Waals surface area contributed by atoms with Crippen LogP contribution in [0.5, 0.6) is 0 Å². The van der Waals surface area contributed by atoms with Crippen molar-refractivity contribution in [3.8, 4) is 6.07 Å². The highest BCUT2D eigenvalue weighted by atomic mass is 15.3. The van der Waals surface area contributed by atoms with Crippen LogP contribution in [0.3, 0.4) is 0 Å². The van der Waals surface area contributed by atoms with Gasteiger partial charge in [-0.05, 0) is 33.0 Å². The van der Waals surface area contributed by atoms with Crippen LogP contribution >= 0.6 is 0 Å². The zero-order valence-corrected chi connectivity index (χ0v) is 10.6. The molecule has 0 aliphatic carbocycles. The standard InChI is InChI=1S/C13H18N4/c1-13(2)10-16(3)6-7-17(13)12-5-4-11(8-14)9-15-12/h4-5,9H,6-7,10H2,1-3H3. The van der Waals surface area contributed by atoms with Crippen molar-refractivity contribution in [3.05, 3.63) is 23.9 Å². The Morgan fingerprint density at radius 2 is 2.12 bits per heavy atom. The summed E-state index contributed by atoms with van der Waals surface area (Å²) in [4.78, 5) is 9.03. The van der Waals surface area contributed by atoms with E-state index in [-0.39, 0.29) is 5.54 Å². The predicted molar refractivity (Wildman–Crippen MR) is 67.9 cm³/mol. The van der Waals surface area contributed by atoms with E-state index < -0.39 is 0 Å². The molecule has 0 atom stereocenters. The number of hydrogen-bond donors (Lipinski definition) is 0. The SMILES string of the molecule is CN1CCN(c2ccc(C#N)cn2)C(C)(C)C1. The van der Waals surface area contributed by atoms with E-state index in [0.717, 1.165) is 25.5 Å². The smallest absolute Gasteiger partial charge is 0.129 e. The van der Waals surface area contributed by atoms with Crippen molar-refractivity contribution < 1.29 is 0 Å². The number of pyridine rings is 1. The van der Waals surface area contributed by atoms with Crippen molar-refractivity contribution in [2.45, 2.75) is 19.4 Å². The Morgan fingerprint density at radius 1 is 1.35 bits per heavy atom. The number of hydrogen-bond acceptors (Lipinski definition) is 4. The first-order chi connectivity index (χ1) is 8.03. The molecule has 17 heavy (non-hydrogen) atoms. The van der Waals surface area contributed by atoms with E-state index in [1.807, 2.05) is 12.1 Å². The zero-order chi connectivity index (χ0) is 12.5. The van der Waals surface area contributed by atoms with Crippen molar-refractivity contribution >= 4 is 5.82 Å². The fourth-order valence-corrected chi connectivity index (χ4v) is 2.43. The highest BCUT2D eigenvalue weighted by Crippen LogP contribution is 2.25. The summed E-state index contributed by atoms with van der Waals surface area (Å²) in [6.45, 7) is 7.49. The maximum Gasteiger partial charge on any atom is 0.129 e. The lowest BCUT2D eigenvalue weighted by Gasteiger charge is -2.46. The summed E-state index contributed by atoms with van der Waals surface area (Å²) in [5.74, 6) is 0.960. The number of rotatable bonds is 1. The summed E-state index contributed by atoms with van der Waals surface area (Å²) >= 11 is 0. The first-order valence-corrected chi connectivity index (χ1v) is 5.85. The molecule has 0 N–H and O–H groups in total. The molecule has 0 saturated carbocycles. The lowest BCUT2D eigenvalue weighted by molar-refractivity contribution is 0.217. The van der Waals surface area contributed by atoms with Gasteiger partial charge in [0, 0.05) is 31.4 Å². The Bertz CT molecular complexity index is 430. The maximum absolute atomic E-state index is 8.77. The van der Waals surface area contributed by atoms with Gasteiger partial charge in [-0.2, -0.15) is 5.26 Å². The van der Waals surface area contributed by atoms with E-state index in [4.69, 9.17) is 5.26 Å². The van der Waals surface area contributed by atoms with Crippen LogP contribution in [0.2, 0.25) is 0 Å². The molecule has 1 aliphatic heterocycles. The van der Waals surface area contributed by atoms with E-state index >= 15 is 0 Å². The monoisotopic (exact) mass is 230 g/mol. The van der Waals surface area contributed by atoms with Gasteiger partial charge in [-0.25, -0.2) is 4.98 Å². The van der Waals surface area contributed by atoms with Gasteiger partial charge >= 0.3 is 0 Å². The van der Waals surface area contributed by atoms with Crippen LogP contribution in [0, 0.1) is 11.3 Å². The van der Waals surface area contributed by atoms with Gasteiger partial charge in [-0.3, -0.25) is 0 Å². The highest BCUT2D eigenvalue weighted by Gasteiger charge is 2.32. The van der Waals surface area contributed by atoms with Gasteiger partial charge < -0.3 is 9.80 Å². The van der Waals surface area contributed by atoms with Gasteiger partial charge in [-0.15, -0.1) is 0 Å². The topological polar surface area (TPSA) is 43.2 Å². The largest absolute Gasteiger partial charge is 0.349 e. The molecule has 4 heteroatoms. The van der Waals surface area contributed by atoms with Crippen LogP contribution in [-0.2, 0) is 0 Å². The molecule has 0 unspecified atom stereocenters. The second-order valence-corrected chi connectivity index (χ2v) is 5.22. The third-order valence-electron chi connectivity index (χ3n) is 3.25. The van der Waals surface area contributed by atoms with Gasteiger partial charge in [0.1, 0.15) is 11.9 Å². The van der Waals surface area contributed by atoms with E-state index in [9.17, 15) is 0 Å². The Balaban J connectivity index is 2.24. The quantitative estimate of drug-likeness (QED) is 0.733. The van der Waals surface area contributed by atoms with Crippen molar-refractivity contribution in [1.29, 1.82) is 5.26 Å². The lowest BCUT2D eigenvalue weighted by Crippen LogP contribution is -2.58. The third kappa shape index (κ3) is 2.40. The fraction of sp³-hybridized carbons (Fsp3) is 0.538. The van der Waals surface area contributed by atoms with Crippen molar-refractivity contribution in [2.75, 3.05) is 31.6 Å². The van der Waals surface area contributed by atoms with Crippen LogP contribution < -0.4 is 4.90 Å². The fourth-order valence-electron chi connectivity index (χ4n) is 2.43. The second kappa shape index (κ2) is 4.34. The predicted octanol–water partition coefficient (Wildman–Crippen LogP) is 1.48. The summed E-state index contributed by atoms with van der Waals surface area (Å²) < 4.78 is 0. The van der Waals surface area contributed by atoms with E-state index in [1.165, 1.54) is 0 Å². The lowest BCUT2D eigenvalue weighted by atomic mass is 9.99. The molecule has 2 rings (SSSR count). The average Bonchev–Trinajstić information content (AvgIpc) is 2.28. The summed E-state index contributed by atoms with van der Waals surface area (Å²) in [6, 6.07) is 5.86. The molecule has 1 saturated heterocycles. The minimum absolute atomic E-state index is 0.0775. The molecule has 1 aromatic heterocycles. The van der Waals surface area contributed by atoms with Crippen molar-refractivity contribution in [3.63, 3.8) is 0 Å². The summed E-state index contributed by atoms with van der Waals surface area (Å²) in [5, 5.41) is 8.77. The van der Waals surface area contributed by atoms with Crippen LogP contribution in [0.15, 0.2) is 18.3 Å². The van der Waals surface area contributed by atoms with E-state index in [1.54, 1.807) is 6.20 Å². The molecular formula is C13H18N4. The highest BCUT2D eigenvalue weighted by molar-refractivity contribution is 5.45. The van der Waals surface area contributed by atoms with Crippen molar-refractivity contribution in [1.82, 2.24) is 9.88 Å². The first kappa shape index (κ1) is 11.9. The minimum atomic E-state index is 0.0775. The van der Waals surface area contributed by atoms with Gasteiger partial charge in [0.15, 0.2) is 0 Å². The van der Waals surface area contributed by atoms with Gasteiger partial charge in [0.2, 0.25) is 0 Å². The Morgan fingerprint density at radius 3 is 2.65 bits per heavy atom. The molecule has 0 aromatic carbocycles. The number of piperazine rings is 1. The van der Waals surface area contributed by atoms with Gasteiger partial charge in [-0.1, -0.05) is 0 Å². The molecule has 0 radical (unpaired) electrons. The Hall–Kier alpha value is -1.60. The normalized spacial score (nSPS) is 20.0. The minimum Gasteiger partial charge on any atom is -0.349 e. The van der Waals surface area contributed by atoms with Crippen LogP contribution in [-0.4, -0.2) is 42.1 Å². The number of likely N-dealkylation sites (N-methyl/N-ethyl adjacent to an activating group) is 1. The summed E-state index contributed by atoms with van der Waals surface area (Å²) in [5.41, 5.74) is 0.689. The molecule has 0 spiro atoms. The maximum atomic E-state index is 8.77. The Kier molecular flexibility index (Phi) is 3.03. The first-order valence-electron chi connectivity index (χ1n) is 5.85. The van der Waals surface area contributed by atoms with Crippen LogP contribution in [0.1, 0.15) is 19.4 Å². The van der Waals surface area contributed by atoms with Gasteiger partial charge in [0.25, 0.3) is 0 Å². The molecule has 0 bridgehead atoms. The molecule has 4 nitrogen and oxygen atoms in total. The number of nitrogens with zero attached hydrogens (tertiary/aromatic N) is 4. The number of nitriles is 1. The summed E-state index contributed by atoms with van der Waals surface area (Å²) in [6.07, 6.45) is 1.64. The second-order valence-electron chi connectivity index (χ2n) is 5.22. The number of aromatic nitrogens is 1.